The molecule has 0 saturated carbocycles. The number of carbonyl (C=O) groups is 2. The molecule has 2 atom stereocenters. The van der Waals surface area contributed by atoms with Gasteiger partial charge in [0, 0.05) is 0 Å². The number of amides is 1. The summed E-state index contributed by atoms with van der Waals surface area (Å²) < 4.78 is 10.7. The zero-order valence-electron chi connectivity index (χ0n) is 19.9. The predicted molar refractivity (Wildman–Crippen MR) is 125 cm³/mol. The fourth-order valence-electron chi connectivity index (χ4n) is 3.34. The second-order valence-electron chi connectivity index (χ2n) is 8.23. The molecule has 30 heavy (non-hydrogen) atoms. The van der Waals surface area contributed by atoms with Crippen LogP contribution in [0.4, 0.5) is 4.79 Å². The van der Waals surface area contributed by atoms with Crippen LogP contribution < -0.4 is 5.32 Å². The molecular weight excluding hydrogens is 378 g/mol. The molecule has 0 aromatic rings. The third-order valence-corrected chi connectivity index (χ3v) is 5.46. The Morgan fingerprint density at radius 1 is 0.867 bits per heavy atom. The van der Waals surface area contributed by atoms with Gasteiger partial charge in [0.25, 0.3) is 0 Å². The van der Waals surface area contributed by atoms with E-state index in [4.69, 9.17) is 9.47 Å². The molecule has 2 unspecified atom stereocenters. The highest BCUT2D eigenvalue weighted by Gasteiger charge is 2.22. The first-order chi connectivity index (χ1) is 14.6. The Hall–Kier alpha value is -1.52. The summed E-state index contributed by atoms with van der Waals surface area (Å²) in [5.41, 5.74) is 0. The average molecular weight is 426 g/mol. The van der Waals surface area contributed by atoms with Crippen LogP contribution in [0.2, 0.25) is 0 Å². The minimum Gasteiger partial charge on any atom is -0.464 e. The number of unbranched alkanes of at least 4 members (excludes halogenated alkanes) is 9. The van der Waals surface area contributed by atoms with E-state index in [2.05, 4.69) is 32.7 Å². The van der Waals surface area contributed by atoms with Crippen LogP contribution >= 0.6 is 0 Å². The molecule has 0 aromatic carbocycles. The van der Waals surface area contributed by atoms with Crippen molar-refractivity contribution in [2.24, 2.45) is 5.92 Å². The first-order valence-corrected chi connectivity index (χ1v) is 12.3. The van der Waals surface area contributed by atoms with Gasteiger partial charge in [0.1, 0.15) is 6.04 Å². The molecule has 0 rings (SSSR count). The molecule has 0 radical (unpaired) electrons. The third-order valence-electron chi connectivity index (χ3n) is 5.46. The molecule has 0 fully saturated rings. The summed E-state index contributed by atoms with van der Waals surface area (Å²) in [5, 5.41) is 2.63. The van der Waals surface area contributed by atoms with Gasteiger partial charge in [-0.15, -0.1) is 6.58 Å². The quantitative estimate of drug-likeness (QED) is 0.130. The van der Waals surface area contributed by atoms with Crippen molar-refractivity contribution < 1.29 is 19.1 Å². The first kappa shape index (κ1) is 28.5. The van der Waals surface area contributed by atoms with Crippen LogP contribution in [0.3, 0.4) is 0 Å². The van der Waals surface area contributed by atoms with E-state index in [9.17, 15) is 9.59 Å². The molecule has 0 heterocycles. The summed E-state index contributed by atoms with van der Waals surface area (Å²) in [6.45, 7) is 10.9. The van der Waals surface area contributed by atoms with Crippen LogP contribution in [0, 0.1) is 5.92 Å². The van der Waals surface area contributed by atoms with E-state index in [0.29, 0.717) is 25.6 Å². The normalized spacial score (nSPS) is 12.8. The summed E-state index contributed by atoms with van der Waals surface area (Å²) in [6.07, 6.45) is 16.6. The van der Waals surface area contributed by atoms with Gasteiger partial charge >= 0.3 is 12.1 Å². The van der Waals surface area contributed by atoms with Crippen molar-refractivity contribution in [2.45, 2.75) is 117 Å². The molecule has 0 aliphatic heterocycles. The Bertz CT molecular complexity index is 439. The fraction of sp³-hybridized carbons (Fsp3) is 0.840. The number of esters is 1. The third kappa shape index (κ3) is 16.3. The SMILES string of the molecule is C=CCC(NC(=O)OCC(CC)CCCC)C(=O)OCCCCCCCCCCC. The number of hydrogen-bond acceptors (Lipinski definition) is 4. The lowest BCUT2D eigenvalue weighted by Gasteiger charge is -2.18. The summed E-state index contributed by atoms with van der Waals surface area (Å²) >= 11 is 0. The number of carbonyl (C=O) groups excluding carboxylic acids is 2. The average Bonchev–Trinajstić information content (AvgIpc) is 2.74. The van der Waals surface area contributed by atoms with E-state index in [0.717, 1.165) is 38.5 Å². The van der Waals surface area contributed by atoms with Crippen molar-refractivity contribution in [1.82, 2.24) is 5.32 Å². The number of ether oxygens (including phenoxy) is 2. The summed E-state index contributed by atoms with van der Waals surface area (Å²) in [5.74, 6) is -0.0448. The van der Waals surface area contributed by atoms with Crippen molar-refractivity contribution in [3.63, 3.8) is 0 Å². The van der Waals surface area contributed by atoms with Crippen molar-refractivity contribution in [3.05, 3.63) is 12.7 Å². The number of hydrogen-bond donors (Lipinski definition) is 1. The largest absolute Gasteiger partial charge is 0.464 e. The van der Waals surface area contributed by atoms with Crippen LogP contribution in [-0.2, 0) is 14.3 Å². The van der Waals surface area contributed by atoms with Gasteiger partial charge in [0.05, 0.1) is 13.2 Å². The molecule has 5 nitrogen and oxygen atoms in total. The standard InChI is InChI=1S/C25H47NO4/c1-5-9-11-12-13-14-15-16-17-20-29-24(27)23(18-7-3)26-25(28)30-21-22(8-4)19-10-6-2/h7,22-23H,3,5-6,8-21H2,1-2,4H3,(H,26,28). The predicted octanol–water partition coefficient (Wildman–Crippen LogP) is 6.95. The molecule has 0 aliphatic carbocycles. The van der Waals surface area contributed by atoms with Gasteiger partial charge in [-0.25, -0.2) is 9.59 Å². The highest BCUT2D eigenvalue weighted by atomic mass is 16.6. The van der Waals surface area contributed by atoms with Gasteiger partial charge in [-0.05, 0) is 25.2 Å². The highest BCUT2D eigenvalue weighted by Crippen LogP contribution is 2.13. The molecule has 176 valence electrons. The van der Waals surface area contributed by atoms with E-state index >= 15 is 0 Å². The lowest BCUT2D eigenvalue weighted by atomic mass is 10.0. The molecule has 0 aromatic heterocycles. The Morgan fingerprint density at radius 2 is 1.47 bits per heavy atom. The van der Waals surface area contributed by atoms with Crippen molar-refractivity contribution in [2.75, 3.05) is 13.2 Å². The van der Waals surface area contributed by atoms with E-state index in [1.54, 1.807) is 6.08 Å². The van der Waals surface area contributed by atoms with E-state index in [1.807, 2.05) is 0 Å². The van der Waals surface area contributed by atoms with Gasteiger partial charge < -0.3 is 14.8 Å². The second-order valence-corrected chi connectivity index (χ2v) is 8.23. The number of nitrogens with one attached hydrogen (secondary N) is 1. The molecular formula is C25H47NO4. The maximum Gasteiger partial charge on any atom is 0.407 e. The summed E-state index contributed by atoms with van der Waals surface area (Å²) in [6, 6.07) is -0.732. The Balaban J connectivity index is 4.02. The minimum absolute atomic E-state index is 0.332. The van der Waals surface area contributed by atoms with Crippen LogP contribution in [-0.4, -0.2) is 31.3 Å². The Kier molecular flexibility index (Phi) is 19.7. The lowest BCUT2D eigenvalue weighted by Crippen LogP contribution is -2.42. The van der Waals surface area contributed by atoms with Crippen LogP contribution in [0.15, 0.2) is 12.7 Å². The number of rotatable bonds is 20. The lowest BCUT2D eigenvalue weighted by molar-refractivity contribution is -0.146. The molecule has 0 aliphatic rings. The van der Waals surface area contributed by atoms with Gasteiger partial charge in [0.2, 0.25) is 0 Å². The zero-order chi connectivity index (χ0) is 22.5. The minimum atomic E-state index is -0.732. The van der Waals surface area contributed by atoms with Crippen molar-refractivity contribution in [1.29, 1.82) is 0 Å². The topological polar surface area (TPSA) is 64.6 Å². The van der Waals surface area contributed by atoms with Crippen molar-refractivity contribution in [3.8, 4) is 0 Å². The molecule has 1 amide bonds. The first-order valence-electron chi connectivity index (χ1n) is 12.3. The smallest absolute Gasteiger partial charge is 0.407 e. The number of alkyl carbamates (subject to hydrolysis) is 1. The van der Waals surface area contributed by atoms with Gasteiger partial charge in [0.15, 0.2) is 0 Å². The Morgan fingerprint density at radius 3 is 2.03 bits per heavy atom. The zero-order valence-corrected chi connectivity index (χ0v) is 19.9. The van der Waals surface area contributed by atoms with Crippen LogP contribution in [0.5, 0.6) is 0 Å². The van der Waals surface area contributed by atoms with Gasteiger partial charge in [-0.3, -0.25) is 0 Å². The molecule has 5 heteroatoms. The second kappa shape index (κ2) is 20.7. The highest BCUT2D eigenvalue weighted by molar-refractivity contribution is 5.81. The Labute approximate surface area is 185 Å². The molecule has 0 bridgehead atoms. The van der Waals surface area contributed by atoms with Gasteiger partial charge in [-0.1, -0.05) is 97.5 Å². The maximum absolute atomic E-state index is 12.3. The maximum atomic E-state index is 12.3. The van der Waals surface area contributed by atoms with E-state index < -0.39 is 18.1 Å². The van der Waals surface area contributed by atoms with Crippen molar-refractivity contribution >= 4 is 12.1 Å². The summed E-state index contributed by atoms with van der Waals surface area (Å²) in [4.78, 5) is 24.4. The van der Waals surface area contributed by atoms with E-state index in [-0.39, 0.29) is 0 Å². The van der Waals surface area contributed by atoms with Gasteiger partial charge in [-0.2, -0.15) is 0 Å². The van der Waals surface area contributed by atoms with Crippen LogP contribution in [0.1, 0.15) is 111 Å². The summed E-state index contributed by atoms with van der Waals surface area (Å²) in [7, 11) is 0. The molecule has 0 saturated heterocycles. The van der Waals surface area contributed by atoms with Crippen LogP contribution in [0.25, 0.3) is 0 Å². The fourth-order valence-corrected chi connectivity index (χ4v) is 3.34. The monoisotopic (exact) mass is 425 g/mol. The molecule has 0 spiro atoms. The molecule has 1 N–H and O–H groups in total. The van der Waals surface area contributed by atoms with E-state index in [1.165, 1.54) is 44.9 Å².